The minimum absolute atomic E-state index is 0. The second-order valence-electron chi connectivity index (χ2n) is 7.82. The van der Waals surface area contributed by atoms with Crippen molar-refractivity contribution < 1.29 is 4.74 Å². The molecule has 0 fully saturated rings. The number of nitrogens with one attached hydrogen (secondary N) is 2. The van der Waals surface area contributed by atoms with Crippen LogP contribution in [0.5, 0.6) is 5.75 Å². The summed E-state index contributed by atoms with van der Waals surface area (Å²) >= 11 is 0. The summed E-state index contributed by atoms with van der Waals surface area (Å²) in [6.45, 7) is 0. The minimum atomic E-state index is 0. The van der Waals surface area contributed by atoms with Crippen LogP contribution in [0.25, 0.3) is 45.9 Å². The van der Waals surface area contributed by atoms with Gasteiger partial charge in [-0.2, -0.15) is 0 Å². The predicted molar refractivity (Wildman–Crippen MR) is 136 cm³/mol. The lowest BCUT2D eigenvalue weighted by atomic mass is 10.0. The Morgan fingerprint density at radius 2 is 1.18 bits per heavy atom. The first-order chi connectivity index (χ1) is 15.7. The number of aromatic nitrogens is 4. The Hall–Kier alpha value is -3.85. The van der Waals surface area contributed by atoms with Crippen molar-refractivity contribution in [1.29, 1.82) is 0 Å². The standard InChI is InChI=1S/C27H20N4O.Al/c1-32-25-10-2-17(3-11-25)26-15-24-14-22-7-6-20(29-22)12-18-4-5-19(28-18)13-21-8-9-23(30-21)16-27(26)31-24;/h2-16,29-30H,1H3;. The molecular formula is C27H20AlN4O. The largest absolute Gasteiger partial charge is 0.497 e. The summed E-state index contributed by atoms with van der Waals surface area (Å²) in [5, 5.41) is 0. The maximum atomic E-state index is 5.32. The third-order valence-electron chi connectivity index (χ3n) is 5.57. The van der Waals surface area contributed by atoms with Crippen LogP contribution in [-0.2, 0) is 0 Å². The summed E-state index contributed by atoms with van der Waals surface area (Å²) in [7, 11) is 1.68. The first-order valence-corrected chi connectivity index (χ1v) is 10.4. The molecule has 2 aliphatic heterocycles. The molecule has 2 N–H and O–H groups in total. The number of benzene rings is 1. The molecular weight excluding hydrogens is 423 g/mol. The Bertz CT molecular complexity index is 1560. The van der Waals surface area contributed by atoms with Crippen LogP contribution in [0, 0.1) is 0 Å². The van der Waals surface area contributed by atoms with E-state index in [0.29, 0.717) is 0 Å². The van der Waals surface area contributed by atoms with E-state index in [1.54, 1.807) is 7.11 Å². The fraction of sp³-hybridized carbons (Fsp3) is 0.0370. The van der Waals surface area contributed by atoms with Gasteiger partial charge in [0.15, 0.2) is 0 Å². The van der Waals surface area contributed by atoms with Crippen molar-refractivity contribution >= 4 is 63.2 Å². The van der Waals surface area contributed by atoms with Crippen molar-refractivity contribution in [2.75, 3.05) is 7.11 Å². The quantitative estimate of drug-likeness (QED) is 0.337. The lowest BCUT2D eigenvalue weighted by molar-refractivity contribution is 0.415. The van der Waals surface area contributed by atoms with Gasteiger partial charge in [-0.25, -0.2) is 9.97 Å². The van der Waals surface area contributed by atoms with Crippen LogP contribution < -0.4 is 4.74 Å². The van der Waals surface area contributed by atoms with Gasteiger partial charge in [-0.05, 0) is 84.5 Å². The molecule has 3 aromatic heterocycles. The first kappa shape index (κ1) is 21.0. The van der Waals surface area contributed by atoms with Gasteiger partial charge in [-0.3, -0.25) is 0 Å². The molecule has 5 nitrogen and oxygen atoms in total. The Balaban J connectivity index is 0.00000228. The number of nitrogens with zero attached hydrogens (tertiary/aromatic N) is 2. The van der Waals surface area contributed by atoms with E-state index < -0.39 is 0 Å². The lowest BCUT2D eigenvalue weighted by Crippen LogP contribution is -1.87. The van der Waals surface area contributed by atoms with Gasteiger partial charge in [0.2, 0.25) is 0 Å². The number of hydrogen-bond acceptors (Lipinski definition) is 3. The summed E-state index contributed by atoms with van der Waals surface area (Å²) in [5.74, 6) is 0.833. The Labute approximate surface area is 201 Å². The maximum absolute atomic E-state index is 5.32. The van der Waals surface area contributed by atoms with Crippen LogP contribution in [0.3, 0.4) is 0 Å². The van der Waals surface area contributed by atoms with Gasteiger partial charge in [0.25, 0.3) is 0 Å². The van der Waals surface area contributed by atoms with Crippen LogP contribution in [-0.4, -0.2) is 44.4 Å². The fourth-order valence-electron chi connectivity index (χ4n) is 4.02. The van der Waals surface area contributed by atoms with E-state index in [1.807, 2.05) is 36.4 Å². The molecule has 0 aliphatic carbocycles. The van der Waals surface area contributed by atoms with E-state index >= 15 is 0 Å². The smallest absolute Gasteiger partial charge is 0.118 e. The summed E-state index contributed by atoms with van der Waals surface area (Å²) in [6.07, 6.45) is 6.17. The van der Waals surface area contributed by atoms with E-state index in [1.165, 1.54) is 0 Å². The van der Waals surface area contributed by atoms with Crippen molar-refractivity contribution in [3.63, 3.8) is 0 Å². The first-order valence-electron chi connectivity index (χ1n) is 10.4. The lowest BCUT2D eigenvalue weighted by Gasteiger charge is -2.04. The molecule has 1 aromatic carbocycles. The zero-order chi connectivity index (χ0) is 21.5. The van der Waals surface area contributed by atoms with Crippen LogP contribution in [0.15, 0.2) is 72.8 Å². The normalized spacial score (nSPS) is 12.2. The summed E-state index contributed by atoms with van der Waals surface area (Å²) in [4.78, 5) is 16.5. The monoisotopic (exact) mass is 443 g/mol. The van der Waals surface area contributed by atoms with Crippen molar-refractivity contribution in [2.24, 2.45) is 0 Å². The minimum Gasteiger partial charge on any atom is -0.497 e. The molecule has 33 heavy (non-hydrogen) atoms. The Morgan fingerprint density at radius 1 is 0.636 bits per heavy atom. The van der Waals surface area contributed by atoms with E-state index in [2.05, 4.69) is 64.6 Å². The van der Waals surface area contributed by atoms with Crippen LogP contribution in [0.4, 0.5) is 0 Å². The van der Waals surface area contributed by atoms with E-state index in [9.17, 15) is 0 Å². The molecule has 3 radical (unpaired) electrons. The van der Waals surface area contributed by atoms with Crippen LogP contribution in [0.2, 0.25) is 0 Å². The van der Waals surface area contributed by atoms with Gasteiger partial charge < -0.3 is 14.7 Å². The third-order valence-corrected chi connectivity index (χ3v) is 5.57. The predicted octanol–water partition coefficient (Wildman–Crippen LogP) is 5.70. The van der Waals surface area contributed by atoms with Crippen molar-refractivity contribution in [3.05, 3.63) is 101 Å². The fourth-order valence-corrected chi connectivity index (χ4v) is 4.02. The number of ether oxygens (including phenoxy) is 1. The van der Waals surface area contributed by atoms with Crippen molar-refractivity contribution in [2.45, 2.75) is 0 Å². The molecule has 0 atom stereocenters. The molecule has 157 valence electrons. The molecule has 0 saturated heterocycles. The molecule has 0 saturated carbocycles. The van der Waals surface area contributed by atoms with Gasteiger partial charge in [0.05, 0.1) is 29.9 Å². The molecule has 8 bridgehead atoms. The van der Waals surface area contributed by atoms with Crippen molar-refractivity contribution in [3.8, 4) is 5.75 Å². The molecule has 0 spiro atoms. The molecule has 5 heterocycles. The molecule has 0 unspecified atom stereocenters. The SMILES string of the molecule is COc1ccc(C2=Cc3cc4ccc(cc5nc(cc6ccc(cc2n3)[nH]6)C=C5)[nH]4)cc1.[Al]. The van der Waals surface area contributed by atoms with Crippen LogP contribution in [0.1, 0.15) is 28.3 Å². The average molecular weight is 443 g/mol. The molecule has 4 aromatic rings. The number of fused-ring (bicyclic) bond motifs is 8. The molecule has 0 amide bonds. The van der Waals surface area contributed by atoms with Gasteiger partial charge in [-0.1, -0.05) is 12.1 Å². The Morgan fingerprint density at radius 3 is 1.76 bits per heavy atom. The molecule has 6 heteroatoms. The van der Waals surface area contributed by atoms with E-state index in [-0.39, 0.29) is 17.4 Å². The highest BCUT2D eigenvalue weighted by molar-refractivity contribution is 5.93. The molecule has 2 aliphatic rings. The zero-order valence-corrected chi connectivity index (χ0v) is 19.2. The number of hydrogen-bond donors (Lipinski definition) is 2. The Kier molecular flexibility index (Phi) is 5.47. The number of methoxy groups -OCH3 is 1. The van der Waals surface area contributed by atoms with Gasteiger partial charge in [0, 0.05) is 45.0 Å². The van der Waals surface area contributed by atoms with E-state index in [4.69, 9.17) is 14.7 Å². The maximum Gasteiger partial charge on any atom is 0.118 e. The van der Waals surface area contributed by atoms with E-state index in [0.717, 1.165) is 61.7 Å². The summed E-state index contributed by atoms with van der Waals surface area (Å²) < 4.78 is 5.32. The number of rotatable bonds is 2. The second-order valence-corrected chi connectivity index (χ2v) is 7.82. The number of aromatic amines is 2. The summed E-state index contributed by atoms with van der Waals surface area (Å²) in [5.41, 5.74) is 9.80. The average Bonchev–Trinajstić information content (AvgIpc) is 3.59. The second kappa shape index (κ2) is 8.59. The number of H-pyrrole nitrogens is 2. The van der Waals surface area contributed by atoms with Gasteiger partial charge in [-0.15, -0.1) is 0 Å². The highest BCUT2D eigenvalue weighted by atomic mass is 27.0. The third kappa shape index (κ3) is 4.27. The highest BCUT2D eigenvalue weighted by Gasteiger charge is 2.13. The van der Waals surface area contributed by atoms with Gasteiger partial charge >= 0.3 is 0 Å². The highest BCUT2D eigenvalue weighted by Crippen LogP contribution is 2.30. The topological polar surface area (TPSA) is 66.6 Å². The molecule has 6 rings (SSSR count). The summed E-state index contributed by atoms with van der Waals surface area (Å²) in [6, 6.07) is 24.5. The van der Waals surface area contributed by atoms with Gasteiger partial charge in [0.1, 0.15) is 5.75 Å². The van der Waals surface area contributed by atoms with Crippen molar-refractivity contribution in [1.82, 2.24) is 19.9 Å². The van der Waals surface area contributed by atoms with Crippen LogP contribution >= 0.6 is 0 Å². The zero-order valence-electron chi connectivity index (χ0n) is 18.0.